The molecular weight excluding hydrogens is 405 g/mol. The van der Waals surface area contributed by atoms with E-state index >= 15 is 0 Å². The van der Waals surface area contributed by atoms with E-state index in [4.69, 9.17) is 4.42 Å². The van der Waals surface area contributed by atoms with E-state index in [9.17, 15) is 22.8 Å². The minimum atomic E-state index is -4.43. The number of pyridine rings is 1. The van der Waals surface area contributed by atoms with Gasteiger partial charge in [0.05, 0.1) is 6.26 Å². The number of likely N-dealkylation sites (tertiary alicyclic amines) is 1. The first-order chi connectivity index (χ1) is 14.3. The molecule has 0 aliphatic carbocycles. The third-order valence-corrected chi connectivity index (χ3v) is 4.48. The summed E-state index contributed by atoms with van der Waals surface area (Å²) in [5.74, 6) is -0.0166. The van der Waals surface area contributed by atoms with Crippen LogP contribution in [0.4, 0.5) is 18.0 Å². The van der Waals surface area contributed by atoms with E-state index in [0.717, 1.165) is 0 Å². The summed E-state index contributed by atoms with van der Waals surface area (Å²) in [5, 5.41) is 5.52. The van der Waals surface area contributed by atoms with Crippen LogP contribution >= 0.6 is 0 Å². The highest BCUT2D eigenvalue weighted by atomic mass is 19.4. The van der Waals surface area contributed by atoms with Crippen molar-refractivity contribution in [3.8, 4) is 5.88 Å². The molecule has 0 saturated carbocycles. The van der Waals surface area contributed by atoms with Crippen molar-refractivity contribution in [1.82, 2.24) is 20.5 Å². The van der Waals surface area contributed by atoms with Crippen LogP contribution in [0.15, 0.2) is 41.1 Å². The summed E-state index contributed by atoms with van der Waals surface area (Å²) >= 11 is 0. The zero-order chi connectivity index (χ0) is 21.6. The second-order valence-corrected chi connectivity index (χ2v) is 6.78. The van der Waals surface area contributed by atoms with Gasteiger partial charge >= 0.3 is 12.2 Å². The second kappa shape index (κ2) is 9.51. The molecule has 3 rings (SSSR count). The predicted molar refractivity (Wildman–Crippen MR) is 98.8 cm³/mol. The number of hydrogen-bond donors (Lipinski definition) is 2. The molecule has 2 aromatic rings. The largest absolute Gasteiger partial charge is 0.468 e. The summed E-state index contributed by atoms with van der Waals surface area (Å²) in [6.07, 6.45) is -0.406. The van der Waals surface area contributed by atoms with Gasteiger partial charge in [0.1, 0.15) is 0 Å². The number of piperidine rings is 1. The molecule has 162 valence electrons. The SMILES string of the molecule is O=C(NCc1ccc(OCC(F)(F)F)nc1)NC1CCN(C(=O)c2ccco2)CC1. The fraction of sp³-hybridized carbons (Fsp3) is 0.421. The number of furan rings is 1. The van der Waals surface area contributed by atoms with Gasteiger partial charge in [0.15, 0.2) is 12.4 Å². The molecule has 0 atom stereocenters. The van der Waals surface area contributed by atoms with Crippen molar-refractivity contribution < 1.29 is 31.9 Å². The molecule has 3 heterocycles. The molecule has 2 N–H and O–H groups in total. The third kappa shape index (κ3) is 6.39. The van der Waals surface area contributed by atoms with Gasteiger partial charge in [-0.25, -0.2) is 9.78 Å². The van der Waals surface area contributed by atoms with Crippen LogP contribution in [-0.2, 0) is 6.54 Å². The summed E-state index contributed by atoms with van der Waals surface area (Å²) in [5.41, 5.74) is 0.614. The maximum absolute atomic E-state index is 12.2. The van der Waals surface area contributed by atoms with Crippen LogP contribution in [0.2, 0.25) is 0 Å². The predicted octanol–water partition coefficient (Wildman–Crippen LogP) is 2.72. The van der Waals surface area contributed by atoms with Crippen LogP contribution in [0.5, 0.6) is 5.88 Å². The highest BCUT2D eigenvalue weighted by Gasteiger charge is 2.28. The van der Waals surface area contributed by atoms with Crippen molar-refractivity contribution in [1.29, 1.82) is 0 Å². The fourth-order valence-corrected chi connectivity index (χ4v) is 2.96. The molecule has 0 bridgehead atoms. The van der Waals surface area contributed by atoms with E-state index in [-0.39, 0.29) is 30.4 Å². The number of alkyl halides is 3. The van der Waals surface area contributed by atoms with Gasteiger partial charge in [0, 0.05) is 37.9 Å². The van der Waals surface area contributed by atoms with Gasteiger partial charge in [-0.15, -0.1) is 0 Å². The van der Waals surface area contributed by atoms with E-state index in [0.29, 0.717) is 37.3 Å². The van der Waals surface area contributed by atoms with Gasteiger partial charge in [0.25, 0.3) is 5.91 Å². The van der Waals surface area contributed by atoms with Crippen molar-refractivity contribution in [3.63, 3.8) is 0 Å². The number of amides is 3. The first-order valence-electron chi connectivity index (χ1n) is 9.32. The molecule has 30 heavy (non-hydrogen) atoms. The second-order valence-electron chi connectivity index (χ2n) is 6.78. The van der Waals surface area contributed by atoms with Gasteiger partial charge in [-0.3, -0.25) is 4.79 Å². The number of carbonyl (C=O) groups excluding carboxylic acids is 2. The van der Waals surface area contributed by atoms with E-state index in [1.807, 2.05) is 0 Å². The molecule has 2 aromatic heterocycles. The maximum atomic E-state index is 12.2. The quantitative estimate of drug-likeness (QED) is 0.741. The van der Waals surface area contributed by atoms with Crippen LogP contribution in [0.25, 0.3) is 0 Å². The topological polar surface area (TPSA) is 96.7 Å². The molecular formula is C19H21F3N4O4. The van der Waals surface area contributed by atoms with Crippen molar-refractivity contribution in [2.75, 3.05) is 19.7 Å². The van der Waals surface area contributed by atoms with Crippen molar-refractivity contribution in [2.45, 2.75) is 31.6 Å². The van der Waals surface area contributed by atoms with Crippen molar-refractivity contribution in [3.05, 3.63) is 48.0 Å². The Kier molecular flexibility index (Phi) is 6.80. The van der Waals surface area contributed by atoms with E-state index in [2.05, 4.69) is 20.4 Å². The average Bonchev–Trinajstić information content (AvgIpc) is 3.26. The zero-order valence-electron chi connectivity index (χ0n) is 15.9. The van der Waals surface area contributed by atoms with Crippen LogP contribution in [0.3, 0.4) is 0 Å². The number of nitrogens with one attached hydrogen (secondary N) is 2. The minimum Gasteiger partial charge on any atom is -0.468 e. The molecule has 1 aliphatic rings. The lowest BCUT2D eigenvalue weighted by molar-refractivity contribution is -0.154. The number of ether oxygens (including phenoxy) is 1. The molecule has 11 heteroatoms. The number of hydrogen-bond acceptors (Lipinski definition) is 5. The first-order valence-corrected chi connectivity index (χ1v) is 9.32. The molecule has 0 radical (unpaired) electrons. The Bertz CT molecular complexity index is 832. The van der Waals surface area contributed by atoms with Gasteiger partial charge in [-0.2, -0.15) is 13.2 Å². The maximum Gasteiger partial charge on any atom is 0.422 e. The zero-order valence-corrected chi connectivity index (χ0v) is 15.9. The lowest BCUT2D eigenvalue weighted by Crippen LogP contribution is -2.49. The summed E-state index contributed by atoms with van der Waals surface area (Å²) in [6, 6.07) is 5.67. The number of nitrogens with zero attached hydrogens (tertiary/aromatic N) is 2. The van der Waals surface area contributed by atoms with Crippen LogP contribution < -0.4 is 15.4 Å². The summed E-state index contributed by atoms with van der Waals surface area (Å²) < 4.78 is 46.0. The van der Waals surface area contributed by atoms with Crippen LogP contribution in [0, 0.1) is 0 Å². The lowest BCUT2D eigenvalue weighted by Gasteiger charge is -2.31. The smallest absolute Gasteiger partial charge is 0.422 e. The molecule has 0 spiro atoms. The Hall–Kier alpha value is -3.24. The number of halogens is 3. The number of urea groups is 1. The standard InChI is InChI=1S/C19H21F3N4O4/c20-19(21,22)12-30-16-4-3-13(10-23-16)11-24-18(28)25-14-5-7-26(8-6-14)17(27)15-2-1-9-29-15/h1-4,9-10,14H,5-8,11-12H2,(H2,24,25,28). The molecule has 3 amide bonds. The molecule has 1 saturated heterocycles. The van der Waals surface area contributed by atoms with Crippen molar-refractivity contribution >= 4 is 11.9 Å². The minimum absolute atomic E-state index is 0.0677. The highest BCUT2D eigenvalue weighted by Crippen LogP contribution is 2.17. The first kappa shape index (κ1) is 21.5. The Morgan fingerprint density at radius 3 is 2.60 bits per heavy atom. The molecule has 0 aromatic carbocycles. The van der Waals surface area contributed by atoms with Gasteiger partial charge < -0.3 is 24.7 Å². The third-order valence-electron chi connectivity index (χ3n) is 4.48. The highest BCUT2D eigenvalue weighted by molar-refractivity contribution is 5.91. The molecule has 1 fully saturated rings. The number of rotatable bonds is 6. The average molecular weight is 426 g/mol. The molecule has 1 aliphatic heterocycles. The Labute approximate surface area is 170 Å². The summed E-state index contributed by atoms with van der Waals surface area (Å²) in [7, 11) is 0. The van der Waals surface area contributed by atoms with Gasteiger partial charge in [-0.1, -0.05) is 6.07 Å². The fourth-order valence-electron chi connectivity index (χ4n) is 2.96. The van der Waals surface area contributed by atoms with E-state index in [1.165, 1.54) is 24.6 Å². The van der Waals surface area contributed by atoms with Gasteiger partial charge in [0.2, 0.25) is 5.88 Å². The van der Waals surface area contributed by atoms with E-state index in [1.54, 1.807) is 17.0 Å². The lowest BCUT2D eigenvalue weighted by atomic mass is 10.0. The number of aromatic nitrogens is 1. The Balaban J connectivity index is 1.36. The summed E-state index contributed by atoms with van der Waals surface area (Å²) in [4.78, 5) is 29.8. The van der Waals surface area contributed by atoms with E-state index < -0.39 is 12.8 Å². The monoisotopic (exact) mass is 426 g/mol. The molecule has 8 nitrogen and oxygen atoms in total. The molecule has 0 unspecified atom stereocenters. The summed E-state index contributed by atoms with van der Waals surface area (Å²) in [6.45, 7) is -0.234. The number of carbonyl (C=O) groups is 2. The van der Waals surface area contributed by atoms with Crippen molar-refractivity contribution in [2.24, 2.45) is 0 Å². The Morgan fingerprint density at radius 2 is 2.00 bits per heavy atom. The normalized spacial score (nSPS) is 15.0. The Morgan fingerprint density at radius 1 is 1.23 bits per heavy atom. The van der Waals surface area contributed by atoms with Crippen LogP contribution in [0.1, 0.15) is 29.0 Å². The van der Waals surface area contributed by atoms with Gasteiger partial charge in [-0.05, 0) is 30.5 Å². The van der Waals surface area contributed by atoms with Crippen LogP contribution in [-0.4, -0.2) is 53.7 Å².